The zero-order chi connectivity index (χ0) is 17.2. The molecular weight excluding hydrogens is 332 g/mol. The Morgan fingerprint density at radius 2 is 2.12 bits per heavy atom. The SMILES string of the molecule is CCN1C(=S)N[C@@H](c2ccccn2)[C@@H]1c1cccn1Cc1ccco1. The standard InChI is InChI=1S/C19H20N4OS/c1-2-23-18(17(21-19(23)25)15-8-3-4-10-20-15)16-9-5-11-22(16)13-14-7-6-12-24-14/h3-12,17-18H,2,13H2,1H3,(H,21,25)/t17-,18-/m0/s1. The summed E-state index contributed by atoms with van der Waals surface area (Å²) in [5.74, 6) is 0.934. The first-order valence-electron chi connectivity index (χ1n) is 8.43. The molecule has 0 amide bonds. The minimum Gasteiger partial charge on any atom is -0.467 e. The first-order chi connectivity index (χ1) is 12.3. The van der Waals surface area contributed by atoms with Crippen molar-refractivity contribution in [3.05, 3.63) is 78.3 Å². The average Bonchev–Trinajstić information content (AvgIpc) is 3.36. The maximum absolute atomic E-state index is 5.59. The van der Waals surface area contributed by atoms with Crippen molar-refractivity contribution < 1.29 is 4.42 Å². The fourth-order valence-corrected chi connectivity index (χ4v) is 3.85. The lowest BCUT2D eigenvalue weighted by Crippen LogP contribution is -2.30. The van der Waals surface area contributed by atoms with E-state index in [-0.39, 0.29) is 12.1 Å². The van der Waals surface area contributed by atoms with Gasteiger partial charge in [0.2, 0.25) is 0 Å². The van der Waals surface area contributed by atoms with E-state index in [0.717, 1.165) is 23.1 Å². The van der Waals surface area contributed by atoms with Crippen LogP contribution in [0, 0.1) is 0 Å². The van der Waals surface area contributed by atoms with Gasteiger partial charge in [0.25, 0.3) is 0 Å². The number of nitrogens with zero attached hydrogens (tertiary/aromatic N) is 3. The Morgan fingerprint density at radius 1 is 1.20 bits per heavy atom. The summed E-state index contributed by atoms with van der Waals surface area (Å²) in [4.78, 5) is 6.78. The smallest absolute Gasteiger partial charge is 0.170 e. The molecule has 4 rings (SSSR count). The second-order valence-corrected chi connectivity index (χ2v) is 6.44. The Bertz CT molecular complexity index is 843. The largest absolute Gasteiger partial charge is 0.467 e. The average molecular weight is 352 g/mol. The minimum absolute atomic E-state index is 0.0268. The van der Waals surface area contributed by atoms with Crippen LogP contribution in [0.25, 0.3) is 0 Å². The fourth-order valence-electron chi connectivity index (χ4n) is 3.48. The van der Waals surface area contributed by atoms with Crippen molar-refractivity contribution in [2.24, 2.45) is 0 Å². The molecule has 128 valence electrons. The van der Waals surface area contributed by atoms with Gasteiger partial charge in [0.15, 0.2) is 5.11 Å². The van der Waals surface area contributed by atoms with Crippen LogP contribution >= 0.6 is 12.2 Å². The van der Waals surface area contributed by atoms with Crippen LogP contribution in [0.3, 0.4) is 0 Å². The first kappa shape index (κ1) is 15.9. The van der Waals surface area contributed by atoms with Gasteiger partial charge in [-0.05, 0) is 55.5 Å². The molecule has 1 aliphatic heterocycles. The Labute approximate surface area is 152 Å². The molecule has 4 heterocycles. The van der Waals surface area contributed by atoms with Gasteiger partial charge in [-0.3, -0.25) is 4.98 Å². The van der Waals surface area contributed by atoms with Crippen molar-refractivity contribution in [2.75, 3.05) is 6.54 Å². The van der Waals surface area contributed by atoms with Crippen molar-refractivity contribution in [1.82, 2.24) is 19.8 Å². The molecular formula is C19H20N4OS. The predicted molar refractivity (Wildman–Crippen MR) is 100 cm³/mol. The summed E-state index contributed by atoms with van der Waals surface area (Å²) < 4.78 is 7.74. The molecule has 1 aliphatic rings. The molecule has 3 aromatic rings. The highest BCUT2D eigenvalue weighted by Gasteiger charge is 2.40. The molecule has 0 bridgehead atoms. The molecule has 1 saturated heterocycles. The number of furan rings is 1. The van der Waals surface area contributed by atoms with Gasteiger partial charge in [0.1, 0.15) is 5.76 Å². The van der Waals surface area contributed by atoms with E-state index in [4.69, 9.17) is 16.6 Å². The second kappa shape index (κ2) is 6.72. The van der Waals surface area contributed by atoms with Crippen LogP contribution in [0.5, 0.6) is 0 Å². The topological polar surface area (TPSA) is 46.2 Å². The molecule has 1 fully saturated rings. The monoisotopic (exact) mass is 352 g/mol. The lowest BCUT2D eigenvalue weighted by molar-refractivity contribution is 0.314. The number of aromatic nitrogens is 2. The van der Waals surface area contributed by atoms with E-state index in [9.17, 15) is 0 Å². The summed E-state index contributed by atoms with van der Waals surface area (Å²) in [7, 11) is 0. The normalized spacial score (nSPS) is 20.0. The zero-order valence-corrected chi connectivity index (χ0v) is 14.8. The van der Waals surface area contributed by atoms with Gasteiger partial charge >= 0.3 is 0 Å². The summed E-state index contributed by atoms with van der Waals surface area (Å²) >= 11 is 5.59. The van der Waals surface area contributed by atoms with Crippen molar-refractivity contribution in [3.8, 4) is 0 Å². The van der Waals surface area contributed by atoms with E-state index in [1.165, 1.54) is 5.69 Å². The second-order valence-electron chi connectivity index (χ2n) is 6.05. The van der Waals surface area contributed by atoms with E-state index < -0.39 is 0 Å². The maximum atomic E-state index is 5.59. The lowest BCUT2D eigenvalue weighted by atomic mass is 10.0. The van der Waals surface area contributed by atoms with E-state index >= 15 is 0 Å². The van der Waals surface area contributed by atoms with Crippen molar-refractivity contribution in [1.29, 1.82) is 0 Å². The molecule has 0 saturated carbocycles. The quantitative estimate of drug-likeness (QED) is 0.712. The first-order valence-corrected chi connectivity index (χ1v) is 8.84. The van der Waals surface area contributed by atoms with E-state index in [1.807, 2.05) is 36.5 Å². The van der Waals surface area contributed by atoms with Crippen LogP contribution in [0.1, 0.15) is 36.2 Å². The van der Waals surface area contributed by atoms with Gasteiger partial charge in [0.05, 0.1) is 30.6 Å². The highest BCUT2D eigenvalue weighted by molar-refractivity contribution is 7.80. The number of hydrogen-bond donors (Lipinski definition) is 1. The number of likely N-dealkylation sites (N-methyl/N-ethyl adjacent to an activating group) is 1. The molecule has 6 heteroatoms. The van der Waals surface area contributed by atoms with Crippen molar-refractivity contribution in [3.63, 3.8) is 0 Å². The van der Waals surface area contributed by atoms with Gasteiger partial charge in [0, 0.05) is 24.6 Å². The summed E-state index contributed by atoms with van der Waals surface area (Å²) in [6.45, 7) is 3.67. The van der Waals surface area contributed by atoms with Crippen LogP contribution in [0.2, 0.25) is 0 Å². The highest BCUT2D eigenvalue weighted by Crippen LogP contribution is 2.38. The molecule has 25 heavy (non-hydrogen) atoms. The molecule has 0 spiro atoms. The van der Waals surface area contributed by atoms with Crippen molar-refractivity contribution >= 4 is 17.3 Å². The third kappa shape index (κ3) is 2.93. The van der Waals surface area contributed by atoms with E-state index in [2.05, 4.69) is 45.0 Å². The van der Waals surface area contributed by atoms with Gasteiger partial charge in [-0.2, -0.15) is 0 Å². The number of hydrogen-bond acceptors (Lipinski definition) is 3. The van der Waals surface area contributed by atoms with E-state index in [0.29, 0.717) is 6.54 Å². The molecule has 0 unspecified atom stereocenters. The Hall–Kier alpha value is -2.60. The number of pyridine rings is 1. The molecule has 5 nitrogen and oxygen atoms in total. The van der Waals surface area contributed by atoms with Crippen LogP contribution < -0.4 is 5.32 Å². The van der Waals surface area contributed by atoms with Crippen molar-refractivity contribution in [2.45, 2.75) is 25.6 Å². The summed E-state index contributed by atoms with van der Waals surface area (Å²) in [6.07, 6.45) is 5.62. The van der Waals surface area contributed by atoms with Gasteiger partial charge in [-0.25, -0.2) is 0 Å². The number of nitrogens with one attached hydrogen (secondary N) is 1. The predicted octanol–water partition coefficient (Wildman–Crippen LogP) is 3.52. The minimum atomic E-state index is 0.0268. The maximum Gasteiger partial charge on any atom is 0.170 e. The van der Waals surface area contributed by atoms with Crippen LogP contribution in [-0.2, 0) is 6.54 Å². The summed E-state index contributed by atoms with van der Waals surface area (Å²) in [6, 6.07) is 14.3. The molecule has 1 N–H and O–H groups in total. The third-order valence-corrected chi connectivity index (χ3v) is 4.96. The molecule has 0 aromatic carbocycles. The Morgan fingerprint density at radius 3 is 2.84 bits per heavy atom. The molecule has 0 radical (unpaired) electrons. The summed E-state index contributed by atoms with van der Waals surface area (Å²) in [5.41, 5.74) is 2.19. The Kier molecular flexibility index (Phi) is 4.28. The van der Waals surface area contributed by atoms with Crippen LogP contribution in [-0.4, -0.2) is 26.1 Å². The third-order valence-electron chi connectivity index (χ3n) is 4.61. The highest BCUT2D eigenvalue weighted by atomic mass is 32.1. The lowest BCUT2D eigenvalue weighted by Gasteiger charge is -2.27. The fraction of sp³-hybridized carbons (Fsp3) is 0.263. The van der Waals surface area contributed by atoms with Gasteiger partial charge < -0.3 is 19.2 Å². The van der Waals surface area contributed by atoms with E-state index in [1.54, 1.807) is 6.26 Å². The number of thiocarbonyl (C=S) groups is 1. The van der Waals surface area contributed by atoms with Crippen LogP contribution in [0.4, 0.5) is 0 Å². The van der Waals surface area contributed by atoms with Gasteiger partial charge in [-0.15, -0.1) is 0 Å². The molecule has 2 atom stereocenters. The number of rotatable bonds is 5. The summed E-state index contributed by atoms with van der Waals surface area (Å²) in [5, 5.41) is 4.23. The Balaban J connectivity index is 1.73. The zero-order valence-electron chi connectivity index (χ0n) is 14.0. The van der Waals surface area contributed by atoms with Gasteiger partial charge in [-0.1, -0.05) is 6.07 Å². The molecule has 0 aliphatic carbocycles. The molecule has 3 aromatic heterocycles. The van der Waals surface area contributed by atoms with Crippen LogP contribution in [0.15, 0.2) is 65.5 Å².